The number of anilines is 2. The molecule has 0 spiro atoms. The molecule has 0 aromatic heterocycles. The van der Waals surface area contributed by atoms with Crippen LogP contribution in [0.3, 0.4) is 0 Å². The number of nitrogens with zero attached hydrogens (tertiary/aromatic N) is 2. The van der Waals surface area contributed by atoms with E-state index in [0.29, 0.717) is 21.4 Å². The molecular weight excluding hydrogens is 463 g/mol. The molecule has 3 aromatic rings. The van der Waals surface area contributed by atoms with E-state index in [0.717, 1.165) is 11.1 Å². The Morgan fingerprint density at radius 2 is 1.55 bits per heavy atom. The number of carboxylic acid groups (broad SMARTS) is 1. The minimum absolute atomic E-state index is 0.0222. The summed E-state index contributed by atoms with van der Waals surface area (Å²) in [5.74, 6) is -1.84. The molecule has 0 atom stereocenters. The Morgan fingerprint density at radius 3 is 2.18 bits per heavy atom. The predicted octanol–water partition coefficient (Wildman–Crippen LogP) is 5.28. The Labute approximate surface area is 200 Å². The van der Waals surface area contributed by atoms with Crippen molar-refractivity contribution in [1.82, 2.24) is 0 Å². The van der Waals surface area contributed by atoms with Gasteiger partial charge in [-0.25, -0.2) is 4.79 Å². The third-order valence-corrected chi connectivity index (χ3v) is 5.71. The van der Waals surface area contributed by atoms with Gasteiger partial charge in [-0.2, -0.15) is 0 Å². The van der Waals surface area contributed by atoms with E-state index in [1.807, 2.05) is 12.1 Å². The van der Waals surface area contributed by atoms with Gasteiger partial charge in [-0.05, 0) is 59.7 Å². The lowest BCUT2D eigenvalue weighted by Crippen LogP contribution is -2.47. The minimum atomic E-state index is -1.12. The molecule has 0 unspecified atom stereocenters. The van der Waals surface area contributed by atoms with Crippen LogP contribution < -0.4 is 9.80 Å². The highest BCUT2D eigenvalue weighted by Gasteiger charge is 2.32. The quantitative estimate of drug-likeness (QED) is 0.503. The first-order valence-corrected chi connectivity index (χ1v) is 10.7. The molecule has 1 aliphatic rings. The molecule has 0 saturated heterocycles. The molecule has 0 fully saturated rings. The Kier molecular flexibility index (Phi) is 6.49. The van der Waals surface area contributed by atoms with Gasteiger partial charge in [-0.1, -0.05) is 47.5 Å². The van der Waals surface area contributed by atoms with Crippen molar-refractivity contribution in [3.05, 3.63) is 99.5 Å². The minimum Gasteiger partial charge on any atom is -0.478 e. The van der Waals surface area contributed by atoms with Crippen LogP contribution in [0, 0.1) is 0 Å². The molecule has 8 heteroatoms. The molecule has 1 N–H and O–H groups in total. The number of carbonyl (C=O) groups excluding carboxylic acids is 2. The van der Waals surface area contributed by atoms with Crippen LogP contribution in [0.25, 0.3) is 6.08 Å². The van der Waals surface area contributed by atoms with Gasteiger partial charge in [0.1, 0.15) is 6.54 Å². The van der Waals surface area contributed by atoms with E-state index < -0.39 is 11.9 Å². The number of carboxylic acids is 1. The highest BCUT2D eigenvalue weighted by molar-refractivity contribution is 6.30. The van der Waals surface area contributed by atoms with Gasteiger partial charge in [0, 0.05) is 16.1 Å². The number of hydrogen-bond donors (Lipinski definition) is 1. The number of hydrogen-bond acceptors (Lipinski definition) is 3. The largest absolute Gasteiger partial charge is 0.478 e. The smallest absolute Gasteiger partial charge is 0.335 e. The first-order chi connectivity index (χ1) is 15.8. The maximum Gasteiger partial charge on any atom is 0.335 e. The van der Waals surface area contributed by atoms with Crippen LogP contribution in [0.4, 0.5) is 11.4 Å². The highest BCUT2D eigenvalue weighted by Crippen LogP contribution is 2.36. The number of halogens is 2. The second-order valence-corrected chi connectivity index (χ2v) is 8.30. The van der Waals surface area contributed by atoms with E-state index in [4.69, 9.17) is 23.2 Å². The molecule has 0 aliphatic carbocycles. The summed E-state index contributed by atoms with van der Waals surface area (Å²) < 4.78 is 0. The Morgan fingerprint density at radius 1 is 0.909 bits per heavy atom. The summed E-state index contributed by atoms with van der Waals surface area (Å²) in [4.78, 5) is 40.4. The van der Waals surface area contributed by atoms with E-state index in [9.17, 15) is 19.5 Å². The molecule has 2 amide bonds. The number of fused-ring (bicyclic) bond motifs is 1. The normalized spacial score (nSPS) is 13.3. The maximum absolute atomic E-state index is 13.0. The summed E-state index contributed by atoms with van der Waals surface area (Å²) in [5.41, 5.74) is 2.45. The summed E-state index contributed by atoms with van der Waals surface area (Å²) in [5, 5.41) is 10.6. The summed E-state index contributed by atoms with van der Waals surface area (Å²) >= 11 is 11.8. The van der Waals surface area contributed by atoms with Crippen LogP contribution in [0.1, 0.15) is 21.5 Å². The van der Waals surface area contributed by atoms with Crippen molar-refractivity contribution in [1.29, 1.82) is 0 Å². The van der Waals surface area contributed by atoms with Crippen molar-refractivity contribution >= 4 is 58.4 Å². The lowest BCUT2D eigenvalue weighted by Gasteiger charge is -2.36. The van der Waals surface area contributed by atoms with Gasteiger partial charge in [0.25, 0.3) is 5.91 Å². The summed E-state index contributed by atoms with van der Waals surface area (Å²) in [6, 6.07) is 18.4. The van der Waals surface area contributed by atoms with Crippen LogP contribution in [0.5, 0.6) is 0 Å². The van der Waals surface area contributed by atoms with Gasteiger partial charge in [0.2, 0.25) is 5.91 Å². The van der Waals surface area contributed by atoms with Crippen LogP contribution in [0.2, 0.25) is 10.0 Å². The first kappa shape index (κ1) is 22.6. The fourth-order valence-corrected chi connectivity index (χ4v) is 3.77. The zero-order chi connectivity index (χ0) is 23.5. The SMILES string of the molecule is O=C(O)c1ccc2c(c1)N(C(=O)/C=C/c1ccc(Cl)cc1)CC(=O)N2Cc1ccc(Cl)cc1. The van der Waals surface area contributed by atoms with Crippen LogP contribution >= 0.6 is 23.2 Å². The number of amides is 2. The van der Waals surface area contributed by atoms with Crippen LogP contribution in [0.15, 0.2) is 72.8 Å². The lowest BCUT2D eigenvalue weighted by molar-refractivity contribution is -0.120. The average Bonchev–Trinajstić information content (AvgIpc) is 2.81. The molecule has 6 nitrogen and oxygen atoms in total. The van der Waals surface area contributed by atoms with Gasteiger partial charge in [-0.3, -0.25) is 14.5 Å². The van der Waals surface area contributed by atoms with Crippen molar-refractivity contribution in [2.75, 3.05) is 16.3 Å². The van der Waals surface area contributed by atoms with Crippen molar-refractivity contribution in [2.24, 2.45) is 0 Å². The third kappa shape index (κ3) is 5.08. The maximum atomic E-state index is 13.0. The van der Waals surface area contributed by atoms with Crippen molar-refractivity contribution in [2.45, 2.75) is 6.54 Å². The average molecular weight is 481 g/mol. The fourth-order valence-electron chi connectivity index (χ4n) is 3.51. The monoisotopic (exact) mass is 480 g/mol. The second kappa shape index (κ2) is 9.48. The number of carbonyl (C=O) groups is 3. The summed E-state index contributed by atoms with van der Waals surface area (Å²) in [6.45, 7) is 0.0471. The van der Waals surface area contributed by atoms with E-state index in [1.54, 1.807) is 48.5 Å². The Bertz CT molecular complexity index is 1250. The molecule has 33 heavy (non-hydrogen) atoms. The molecule has 1 aliphatic heterocycles. The summed E-state index contributed by atoms with van der Waals surface area (Å²) in [6.07, 6.45) is 2.96. The second-order valence-electron chi connectivity index (χ2n) is 7.42. The van der Waals surface area contributed by atoms with E-state index in [-0.39, 0.29) is 24.6 Å². The van der Waals surface area contributed by atoms with Crippen molar-refractivity contribution in [3.8, 4) is 0 Å². The van der Waals surface area contributed by atoms with Gasteiger partial charge in [0.15, 0.2) is 0 Å². The summed E-state index contributed by atoms with van der Waals surface area (Å²) in [7, 11) is 0. The van der Waals surface area contributed by atoms with Gasteiger partial charge in [-0.15, -0.1) is 0 Å². The van der Waals surface area contributed by atoms with Gasteiger partial charge < -0.3 is 10.0 Å². The van der Waals surface area contributed by atoms with Crippen LogP contribution in [-0.2, 0) is 16.1 Å². The molecule has 1 heterocycles. The molecule has 0 bridgehead atoms. The molecule has 3 aromatic carbocycles. The third-order valence-electron chi connectivity index (χ3n) is 5.21. The zero-order valence-corrected chi connectivity index (χ0v) is 18.8. The van der Waals surface area contributed by atoms with E-state index >= 15 is 0 Å². The topological polar surface area (TPSA) is 77.9 Å². The predicted molar refractivity (Wildman–Crippen MR) is 129 cm³/mol. The Hall–Kier alpha value is -3.61. The molecule has 0 saturated carbocycles. The zero-order valence-electron chi connectivity index (χ0n) is 17.2. The molecule has 4 rings (SSSR count). The van der Waals surface area contributed by atoms with Crippen LogP contribution in [-0.4, -0.2) is 29.4 Å². The molecule has 0 radical (unpaired) electrons. The molecule has 166 valence electrons. The van der Waals surface area contributed by atoms with Gasteiger partial charge >= 0.3 is 5.97 Å². The van der Waals surface area contributed by atoms with E-state index in [2.05, 4.69) is 0 Å². The Balaban J connectivity index is 1.68. The molecular formula is C25H18Cl2N2O4. The first-order valence-electron chi connectivity index (χ1n) is 9.99. The number of aromatic carboxylic acids is 1. The lowest BCUT2D eigenvalue weighted by atomic mass is 10.1. The standard InChI is InChI=1S/C25H18Cl2N2O4/c26-19-7-1-16(2-8-19)5-12-23(30)29-15-24(31)28(14-17-3-9-20(27)10-4-17)21-11-6-18(25(32)33)13-22(21)29/h1-13H,14-15H2,(H,32,33)/b12-5+. The fraction of sp³-hybridized carbons (Fsp3) is 0.0800. The van der Waals surface area contributed by atoms with Crippen molar-refractivity contribution < 1.29 is 19.5 Å². The highest BCUT2D eigenvalue weighted by atomic mass is 35.5. The number of benzene rings is 3. The van der Waals surface area contributed by atoms with Gasteiger partial charge in [0.05, 0.1) is 23.5 Å². The van der Waals surface area contributed by atoms with Crippen molar-refractivity contribution in [3.63, 3.8) is 0 Å². The van der Waals surface area contributed by atoms with E-state index in [1.165, 1.54) is 28.0 Å². The number of rotatable bonds is 5.